The number of hydrogen-bond acceptors (Lipinski definition) is 5. The Labute approximate surface area is 174 Å². The second-order valence-corrected chi connectivity index (χ2v) is 8.07. The fraction of sp³-hybridized carbons (Fsp3) is 0.217. The average molecular weight is 406 g/mol. The number of thiazole rings is 1. The number of nitrogens with zero attached hydrogens (tertiary/aromatic N) is 2. The molecule has 0 unspecified atom stereocenters. The average Bonchev–Trinajstić information content (AvgIpc) is 3.29. The van der Waals surface area contributed by atoms with Crippen LogP contribution in [-0.4, -0.2) is 34.5 Å². The number of aliphatic hydroxyl groups excluding tert-OH is 1. The van der Waals surface area contributed by atoms with Gasteiger partial charge in [-0.1, -0.05) is 24.3 Å². The molecule has 6 heteroatoms. The topological polar surface area (TPSA) is 69.4 Å². The zero-order valence-corrected chi connectivity index (χ0v) is 17.5. The number of amidine groups is 1. The van der Waals surface area contributed by atoms with E-state index in [9.17, 15) is 5.11 Å². The van der Waals surface area contributed by atoms with Crippen molar-refractivity contribution in [2.45, 2.75) is 20.4 Å². The van der Waals surface area contributed by atoms with Crippen LogP contribution in [0.2, 0.25) is 0 Å². The Kier molecular flexibility index (Phi) is 5.11. The number of nitrogens with one attached hydrogen (secondary N) is 1. The summed E-state index contributed by atoms with van der Waals surface area (Å²) in [6, 6.07) is 14.0. The van der Waals surface area contributed by atoms with Crippen LogP contribution in [0.3, 0.4) is 0 Å². The van der Waals surface area contributed by atoms with Gasteiger partial charge in [0.2, 0.25) is 0 Å². The SMILES string of the molecule is COc1ccc(CN2CC(O)=C(c3nc(-c4ccc(C)c(C)c4)cs3)C2=N)cc1. The van der Waals surface area contributed by atoms with Crippen LogP contribution in [0, 0.1) is 19.3 Å². The van der Waals surface area contributed by atoms with Crippen LogP contribution < -0.4 is 4.74 Å². The maximum Gasteiger partial charge on any atom is 0.135 e. The van der Waals surface area contributed by atoms with E-state index < -0.39 is 0 Å². The van der Waals surface area contributed by atoms with Gasteiger partial charge in [0.05, 0.1) is 24.9 Å². The lowest BCUT2D eigenvalue weighted by molar-refractivity contribution is 0.346. The smallest absolute Gasteiger partial charge is 0.135 e. The number of benzene rings is 2. The molecular weight excluding hydrogens is 382 g/mol. The molecule has 2 heterocycles. The summed E-state index contributed by atoms with van der Waals surface area (Å²) in [7, 11) is 1.64. The molecule has 2 N–H and O–H groups in total. The van der Waals surface area contributed by atoms with Crippen LogP contribution in [0.1, 0.15) is 21.7 Å². The van der Waals surface area contributed by atoms with Crippen molar-refractivity contribution in [1.29, 1.82) is 5.41 Å². The highest BCUT2D eigenvalue weighted by molar-refractivity contribution is 7.11. The number of hydrogen-bond donors (Lipinski definition) is 2. The molecule has 0 aliphatic carbocycles. The lowest BCUT2D eigenvalue weighted by Gasteiger charge is -2.18. The molecule has 3 aromatic rings. The predicted molar refractivity (Wildman–Crippen MR) is 118 cm³/mol. The maximum atomic E-state index is 10.5. The Morgan fingerprint density at radius 3 is 2.59 bits per heavy atom. The summed E-state index contributed by atoms with van der Waals surface area (Å²) in [5.74, 6) is 1.30. The lowest BCUT2D eigenvalue weighted by atomic mass is 10.1. The number of rotatable bonds is 5. The first kappa shape index (κ1) is 19.2. The van der Waals surface area contributed by atoms with Crippen molar-refractivity contribution in [2.75, 3.05) is 13.7 Å². The molecule has 5 nitrogen and oxygen atoms in total. The van der Waals surface area contributed by atoms with Crippen LogP contribution in [0.15, 0.2) is 53.6 Å². The quantitative estimate of drug-likeness (QED) is 0.612. The molecule has 148 valence electrons. The van der Waals surface area contributed by atoms with Crippen molar-refractivity contribution in [3.05, 3.63) is 75.3 Å². The number of aromatic nitrogens is 1. The van der Waals surface area contributed by atoms with E-state index in [1.54, 1.807) is 7.11 Å². The van der Waals surface area contributed by atoms with Gasteiger partial charge in [0.25, 0.3) is 0 Å². The molecule has 0 bridgehead atoms. The summed E-state index contributed by atoms with van der Waals surface area (Å²) in [5.41, 5.74) is 5.97. The molecule has 0 radical (unpaired) electrons. The summed E-state index contributed by atoms with van der Waals surface area (Å²) >= 11 is 1.46. The van der Waals surface area contributed by atoms with Gasteiger partial charge in [-0.15, -0.1) is 11.3 Å². The van der Waals surface area contributed by atoms with Crippen LogP contribution in [-0.2, 0) is 6.54 Å². The van der Waals surface area contributed by atoms with Crippen molar-refractivity contribution in [2.24, 2.45) is 0 Å². The van der Waals surface area contributed by atoms with E-state index in [2.05, 4.69) is 32.0 Å². The monoisotopic (exact) mass is 405 g/mol. The van der Waals surface area contributed by atoms with Gasteiger partial charge in [-0.05, 0) is 48.7 Å². The fourth-order valence-corrected chi connectivity index (χ4v) is 4.26. The maximum absolute atomic E-state index is 10.5. The standard InChI is InChI=1S/C23H23N3O2S/c1-14-4-7-17(10-15(14)2)19-13-29-23(25-19)21-20(27)12-26(22(21)24)11-16-5-8-18(28-3)9-6-16/h4-10,13,24,27H,11-12H2,1-3H3. The highest BCUT2D eigenvalue weighted by atomic mass is 32.1. The van der Waals surface area contributed by atoms with E-state index in [4.69, 9.17) is 15.1 Å². The number of aryl methyl sites for hydroxylation is 2. The zero-order chi connectivity index (χ0) is 20.5. The van der Waals surface area contributed by atoms with Gasteiger partial charge >= 0.3 is 0 Å². The molecule has 0 saturated carbocycles. The minimum atomic E-state index is 0.199. The van der Waals surface area contributed by atoms with Crippen LogP contribution in [0.5, 0.6) is 5.75 Å². The minimum Gasteiger partial charge on any atom is -0.510 e. The zero-order valence-electron chi connectivity index (χ0n) is 16.7. The Morgan fingerprint density at radius 1 is 1.14 bits per heavy atom. The Hall–Kier alpha value is -3.12. The van der Waals surface area contributed by atoms with E-state index >= 15 is 0 Å². The normalized spacial score (nSPS) is 14.0. The Balaban J connectivity index is 1.54. The summed E-state index contributed by atoms with van der Waals surface area (Å²) in [4.78, 5) is 6.57. The predicted octanol–water partition coefficient (Wildman–Crippen LogP) is 5.20. The molecule has 0 spiro atoms. The Morgan fingerprint density at radius 2 is 1.90 bits per heavy atom. The second-order valence-electron chi connectivity index (χ2n) is 7.21. The third-order valence-electron chi connectivity index (χ3n) is 5.24. The van der Waals surface area contributed by atoms with E-state index in [0.29, 0.717) is 29.5 Å². The molecule has 0 fully saturated rings. The summed E-state index contributed by atoms with van der Waals surface area (Å²) < 4.78 is 5.19. The molecule has 0 amide bonds. The van der Waals surface area contributed by atoms with Gasteiger partial charge in [0, 0.05) is 17.5 Å². The van der Waals surface area contributed by atoms with Gasteiger partial charge in [0.1, 0.15) is 22.4 Å². The second kappa shape index (κ2) is 7.72. The van der Waals surface area contributed by atoms with E-state index in [1.807, 2.05) is 34.5 Å². The molecule has 1 aromatic heterocycles. The summed E-state index contributed by atoms with van der Waals surface area (Å²) in [6.45, 7) is 5.04. The highest BCUT2D eigenvalue weighted by Gasteiger charge is 2.30. The molecule has 0 saturated heterocycles. The summed E-state index contributed by atoms with van der Waals surface area (Å²) in [6.07, 6.45) is 0. The largest absolute Gasteiger partial charge is 0.510 e. The highest BCUT2D eigenvalue weighted by Crippen LogP contribution is 2.33. The Bertz CT molecular complexity index is 1100. The first-order chi connectivity index (χ1) is 14.0. The summed E-state index contributed by atoms with van der Waals surface area (Å²) in [5, 5.41) is 21.8. The van der Waals surface area contributed by atoms with Crippen molar-refractivity contribution in [3.63, 3.8) is 0 Å². The van der Waals surface area contributed by atoms with Crippen molar-refractivity contribution < 1.29 is 9.84 Å². The molecule has 1 aliphatic rings. The van der Waals surface area contributed by atoms with Crippen LogP contribution in [0.25, 0.3) is 16.8 Å². The minimum absolute atomic E-state index is 0.199. The van der Waals surface area contributed by atoms with Gasteiger partial charge in [-0.3, -0.25) is 5.41 Å². The third-order valence-corrected chi connectivity index (χ3v) is 6.10. The molecule has 1 aliphatic heterocycles. The number of methoxy groups -OCH3 is 1. The van der Waals surface area contributed by atoms with Gasteiger partial charge in [-0.25, -0.2) is 4.98 Å². The third kappa shape index (κ3) is 3.76. The molecule has 0 atom stereocenters. The first-order valence-corrected chi connectivity index (χ1v) is 10.3. The van der Waals surface area contributed by atoms with E-state index in [1.165, 1.54) is 22.5 Å². The van der Waals surface area contributed by atoms with Gasteiger partial charge < -0.3 is 14.7 Å². The number of aliphatic hydroxyl groups is 1. The van der Waals surface area contributed by atoms with Crippen molar-refractivity contribution in [1.82, 2.24) is 9.88 Å². The van der Waals surface area contributed by atoms with Crippen molar-refractivity contribution in [3.8, 4) is 17.0 Å². The van der Waals surface area contributed by atoms with Crippen LogP contribution >= 0.6 is 11.3 Å². The van der Waals surface area contributed by atoms with Gasteiger partial charge in [-0.2, -0.15) is 0 Å². The van der Waals surface area contributed by atoms with E-state index in [0.717, 1.165) is 22.6 Å². The molecule has 2 aromatic carbocycles. The van der Waals surface area contributed by atoms with Crippen LogP contribution in [0.4, 0.5) is 0 Å². The molecule has 4 rings (SSSR count). The first-order valence-electron chi connectivity index (χ1n) is 9.38. The van der Waals surface area contributed by atoms with Gasteiger partial charge in [0.15, 0.2) is 0 Å². The van der Waals surface area contributed by atoms with Crippen molar-refractivity contribution >= 4 is 22.7 Å². The number of ether oxygens (including phenoxy) is 1. The molecular formula is C23H23N3O2S. The lowest BCUT2D eigenvalue weighted by Crippen LogP contribution is -2.26. The fourth-order valence-electron chi connectivity index (χ4n) is 3.37. The molecule has 29 heavy (non-hydrogen) atoms. The van der Waals surface area contributed by atoms with E-state index in [-0.39, 0.29) is 5.76 Å².